The van der Waals surface area contributed by atoms with E-state index in [0.29, 0.717) is 22.3 Å². The molecule has 3 nitrogen and oxygen atoms in total. The summed E-state index contributed by atoms with van der Waals surface area (Å²) in [6, 6.07) is 7.21. The van der Waals surface area contributed by atoms with Gasteiger partial charge in [-0.15, -0.1) is 0 Å². The van der Waals surface area contributed by atoms with E-state index in [1.807, 2.05) is 12.1 Å². The highest BCUT2D eigenvalue weighted by Crippen LogP contribution is 2.43. The molecule has 0 aromatic heterocycles. The topological polar surface area (TPSA) is 57.5 Å². The molecule has 4 heteroatoms. The Labute approximate surface area is 121 Å². The van der Waals surface area contributed by atoms with Crippen molar-refractivity contribution in [1.29, 1.82) is 0 Å². The summed E-state index contributed by atoms with van der Waals surface area (Å²) >= 11 is 0. The minimum Gasteiger partial charge on any atom is -0.393 e. The van der Waals surface area contributed by atoms with Crippen LogP contribution in [-0.4, -0.2) is 26.3 Å². The number of aliphatic hydroxyl groups is 2. The number of allylic oxidation sites excluding steroid dienone is 2. The third-order valence-corrected chi connectivity index (χ3v) is 6.37. The highest BCUT2D eigenvalue weighted by atomic mass is 32.2. The van der Waals surface area contributed by atoms with E-state index in [1.54, 1.807) is 19.1 Å². The fraction of sp³-hybridized carbons (Fsp3) is 0.500. The van der Waals surface area contributed by atoms with Gasteiger partial charge in [0, 0.05) is 15.7 Å². The molecule has 0 heterocycles. The molecule has 2 aliphatic rings. The minimum absolute atomic E-state index is 0.139. The largest absolute Gasteiger partial charge is 0.393 e. The maximum Gasteiger partial charge on any atom is 0.111 e. The molecule has 20 heavy (non-hydrogen) atoms. The van der Waals surface area contributed by atoms with Gasteiger partial charge >= 0.3 is 0 Å². The van der Waals surface area contributed by atoms with Crippen LogP contribution in [-0.2, 0) is 16.4 Å². The standard InChI is InChI=1S/C16H20O3S/c1-16(18,10-17)13-4-2-3-5-14(13)20(19)15-9-11-6-7-12(15)8-11/h2-7,11-12,15,17-18H,8-10H2,1H3/t11-,12+,15-,16?,20?/m0/s1. The third-order valence-electron chi connectivity index (χ3n) is 4.48. The number of hydrogen-bond donors (Lipinski definition) is 2. The molecule has 0 aliphatic heterocycles. The average molecular weight is 292 g/mol. The quantitative estimate of drug-likeness (QED) is 0.834. The molecule has 5 atom stereocenters. The van der Waals surface area contributed by atoms with Gasteiger partial charge in [0.25, 0.3) is 0 Å². The fourth-order valence-corrected chi connectivity index (χ4v) is 5.30. The Morgan fingerprint density at radius 2 is 2.05 bits per heavy atom. The minimum atomic E-state index is -1.35. The van der Waals surface area contributed by atoms with Crippen molar-refractivity contribution >= 4 is 10.8 Å². The molecule has 1 aromatic carbocycles. The molecule has 2 unspecified atom stereocenters. The number of benzene rings is 1. The zero-order valence-electron chi connectivity index (χ0n) is 11.5. The van der Waals surface area contributed by atoms with Gasteiger partial charge < -0.3 is 10.2 Å². The first-order chi connectivity index (χ1) is 9.53. The maximum absolute atomic E-state index is 12.9. The van der Waals surface area contributed by atoms with Crippen LogP contribution in [0.15, 0.2) is 41.3 Å². The van der Waals surface area contributed by atoms with Gasteiger partial charge in [-0.1, -0.05) is 30.4 Å². The molecule has 0 spiro atoms. The molecule has 0 amide bonds. The van der Waals surface area contributed by atoms with Crippen LogP contribution in [0.5, 0.6) is 0 Å². The van der Waals surface area contributed by atoms with Crippen LogP contribution < -0.4 is 0 Å². The zero-order chi connectivity index (χ0) is 14.3. The Hall–Kier alpha value is -0.970. The van der Waals surface area contributed by atoms with Crippen LogP contribution in [0, 0.1) is 11.8 Å². The van der Waals surface area contributed by atoms with Gasteiger partial charge in [-0.3, -0.25) is 4.21 Å². The van der Waals surface area contributed by atoms with Gasteiger partial charge in [0.05, 0.1) is 17.4 Å². The van der Waals surface area contributed by atoms with Crippen molar-refractivity contribution in [2.75, 3.05) is 6.61 Å². The average Bonchev–Trinajstić information content (AvgIpc) is 3.09. The van der Waals surface area contributed by atoms with Gasteiger partial charge in [0.15, 0.2) is 0 Å². The summed E-state index contributed by atoms with van der Waals surface area (Å²) in [5, 5.41) is 19.8. The number of rotatable bonds is 4. The Kier molecular flexibility index (Phi) is 3.56. The van der Waals surface area contributed by atoms with Crippen LogP contribution in [0.2, 0.25) is 0 Å². The van der Waals surface area contributed by atoms with Crippen LogP contribution in [0.4, 0.5) is 0 Å². The third kappa shape index (κ3) is 2.26. The summed E-state index contributed by atoms with van der Waals surface area (Å²) < 4.78 is 12.9. The molecular weight excluding hydrogens is 272 g/mol. The summed E-state index contributed by atoms with van der Waals surface area (Å²) in [5.41, 5.74) is -0.771. The predicted molar refractivity (Wildman–Crippen MR) is 78.6 cm³/mol. The smallest absolute Gasteiger partial charge is 0.111 e. The lowest BCUT2D eigenvalue weighted by Gasteiger charge is -2.26. The summed E-state index contributed by atoms with van der Waals surface area (Å²) in [6.07, 6.45) is 6.48. The molecule has 1 fully saturated rings. The monoisotopic (exact) mass is 292 g/mol. The maximum atomic E-state index is 12.9. The Morgan fingerprint density at radius 1 is 1.30 bits per heavy atom. The highest BCUT2D eigenvalue weighted by molar-refractivity contribution is 7.85. The normalized spacial score (nSPS) is 32.2. The number of hydrogen-bond acceptors (Lipinski definition) is 3. The van der Waals surface area contributed by atoms with E-state index in [4.69, 9.17) is 0 Å². The SMILES string of the molecule is CC(O)(CO)c1ccccc1S(=O)[C@H]1C[C@H]2C=C[C@@H]1C2. The number of aliphatic hydroxyl groups excluding tert-OH is 1. The van der Waals surface area contributed by atoms with Crippen LogP contribution in [0.25, 0.3) is 0 Å². The highest BCUT2D eigenvalue weighted by Gasteiger charge is 2.40. The van der Waals surface area contributed by atoms with Crippen molar-refractivity contribution < 1.29 is 14.4 Å². The lowest BCUT2D eigenvalue weighted by molar-refractivity contribution is -0.00450. The van der Waals surface area contributed by atoms with Crippen molar-refractivity contribution in [3.05, 3.63) is 42.0 Å². The second-order valence-corrected chi connectivity index (χ2v) is 7.68. The van der Waals surface area contributed by atoms with E-state index in [1.165, 1.54) is 0 Å². The summed E-state index contributed by atoms with van der Waals surface area (Å²) in [7, 11) is -1.14. The first-order valence-corrected chi connectivity index (χ1v) is 8.26. The van der Waals surface area contributed by atoms with E-state index < -0.39 is 16.4 Å². The first-order valence-electron chi connectivity index (χ1n) is 7.04. The molecule has 0 radical (unpaired) electrons. The van der Waals surface area contributed by atoms with Crippen molar-refractivity contribution in [2.24, 2.45) is 11.8 Å². The van der Waals surface area contributed by atoms with E-state index in [0.717, 1.165) is 12.8 Å². The summed E-state index contributed by atoms with van der Waals surface area (Å²) in [4.78, 5) is 0.664. The molecule has 1 aromatic rings. The van der Waals surface area contributed by atoms with E-state index in [2.05, 4.69) is 12.2 Å². The first kappa shape index (κ1) is 14.0. The van der Waals surface area contributed by atoms with Crippen LogP contribution in [0.1, 0.15) is 25.3 Å². The Bertz CT molecular complexity index is 565. The van der Waals surface area contributed by atoms with Crippen molar-refractivity contribution in [3.63, 3.8) is 0 Å². The molecule has 1 saturated carbocycles. The second kappa shape index (κ2) is 5.10. The molecular formula is C16H20O3S. The molecule has 0 saturated heterocycles. The van der Waals surface area contributed by atoms with Crippen LogP contribution in [0.3, 0.4) is 0 Å². The zero-order valence-corrected chi connectivity index (χ0v) is 12.3. The lowest BCUT2D eigenvalue weighted by Crippen LogP contribution is -2.29. The van der Waals surface area contributed by atoms with Gasteiger partial charge in [-0.2, -0.15) is 0 Å². The van der Waals surface area contributed by atoms with Crippen LogP contribution >= 0.6 is 0 Å². The Morgan fingerprint density at radius 3 is 2.65 bits per heavy atom. The van der Waals surface area contributed by atoms with Gasteiger partial charge in [0.1, 0.15) is 5.60 Å². The van der Waals surface area contributed by atoms with E-state index in [9.17, 15) is 14.4 Å². The summed E-state index contributed by atoms with van der Waals surface area (Å²) in [5.74, 6) is 0.965. The summed E-state index contributed by atoms with van der Waals surface area (Å²) in [6.45, 7) is 1.18. The predicted octanol–water partition coefficient (Wildman–Crippen LogP) is 1.96. The Balaban J connectivity index is 1.95. The van der Waals surface area contributed by atoms with Crippen molar-refractivity contribution in [2.45, 2.75) is 35.5 Å². The van der Waals surface area contributed by atoms with Crippen molar-refractivity contribution in [1.82, 2.24) is 0 Å². The van der Waals surface area contributed by atoms with E-state index in [-0.39, 0.29) is 11.9 Å². The molecule has 108 valence electrons. The second-order valence-electron chi connectivity index (χ2n) is 6.04. The molecule has 2 N–H and O–H groups in total. The number of fused-ring (bicyclic) bond motifs is 2. The van der Waals surface area contributed by atoms with Crippen molar-refractivity contribution in [3.8, 4) is 0 Å². The molecule has 3 rings (SSSR count). The fourth-order valence-electron chi connectivity index (χ4n) is 3.31. The van der Waals surface area contributed by atoms with Gasteiger partial charge in [-0.05, 0) is 37.7 Å². The lowest BCUT2D eigenvalue weighted by atomic mass is 9.97. The van der Waals surface area contributed by atoms with Gasteiger partial charge in [0.2, 0.25) is 0 Å². The molecule has 2 bridgehead atoms. The van der Waals surface area contributed by atoms with E-state index >= 15 is 0 Å². The van der Waals surface area contributed by atoms with Gasteiger partial charge in [-0.25, -0.2) is 0 Å². The molecule has 2 aliphatic carbocycles.